The number of phenolic OH excluding ortho intramolecular Hbond substituents is 1. The van der Waals surface area contributed by atoms with Crippen molar-refractivity contribution in [3.63, 3.8) is 0 Å². The van der Waals surface area contributed by atoms with E-state index in [1.54, 1.807) is 6.07 Å². The molecule has 0 saturated heterocycles. The third-order valence-electron chi connectivity index (χ3n) is 3.19. The summed E-state index contributed by atoms with van der Waals surface area (Å²) < 4.78 is 0. The Bertz CT molecular complexity index is 318. The second-order valence-electron chi connectivity index (χ2n) is 4.12. The van der Waals surface area contributed by atoms with Crippen LogP contribution in [-0.2, 0) is 5.41 Å². The van der Waals surface area contributed by atoms with Gasteiger partial charge in [0.15, 0.2) is 0 Å². The van der Waals surface area contributed by atoms with Crippen LogP contribution in [-0.4, -0.2) is 17.1 Å². The van der Waals surface area contributed by atoms with E-state index in [1.807, 2.05) is 23.9 Å². The Morgan fingerprint density at radius 3 is 2.71 bits per heavy atom. The molecular weight excluding hydrogens is 192 g/mol. The fourth-order valence-corrected chi connectivity index (χ4v) is 3.24. The van der Waals surface area contributed by atoms with Gasteiger partial charge < -0.3 is 5.11 Å². The highest BCUT2D eigenvalue weighted by Gasteiger charge is 2.38. The zero-order valence-electron chi connectivity index (χ0n) is 8.49. The highest BCUT2D eigenvalue weighted by atomic mass is 32.2. The number of thioether (sulfide) groups is 1. The molecule has 2 rings (SSSR count). The Labute approximate surface area is 89.5 Å². The number of aromatic hydroxyl groups is 1. The molecule has 0 spiro atoms. The van der Waals surface area contributed by atoms with E-state index in [1.165, 1.54) is 30.6 Å². The predicted molar refractivity (Wildman–Crippen MR) is 62.0 cm³/mol. The van der Waals surface area contributed by atoms with E-state index in [0.717, 1.165) is 0 Å². The average molecular weight is 208 g/mol. The summed E-state index contributed by atoms with van der Waals surface area (Å²) in [6, 6.07) is 7.77. The molecule has 0 radical (unpaired) electrons. The molecule has 1 aliphatic carbocycles. The first-order valence-electron chi connectivity index (χ1n) is 5.05. The molecule has 0 amide bonds. The number of phenols is 1. The topological polar surface area (TPSA) is 20.2 Å². The molecule has 2 heteroatoms. The fraction of sp³-hybridized carbons (Fsp3) is 0.500. The van der Waals surface area contributed by atoms with Gasteiger partial charge in [-0.1, -0.05) is 18.6 Å². The summed E-state index contributed by atoms with van der Waals surface area (Å²) in [6.45, 7) is 0. The van der Waals surface area contributed by atoms with Gasteiger partial charge in [0.1, 0.15) is 5.75 Å². The van der Waals surface area contributed by atoms with E-state index in [4.69, 9.17) is 0 Å². The Morgan fingerprint density at radius 1 is 1.43 bits per heavy atom. The molecule has 1 aromatic carbocycles. The molecule has 1 N–H and O–H groups in total. The molecule has 14 heavy (non-hydrogen) atoms. The lowest BCUT2D eigenvalue weighted by Gasteiger charge is -2.42. The molecule has 1 saturated carbocycles. The minimum Gasteiger partial charge on any atom is -0.508 e. The minimum atomic E-state index is 0.359. The van der Waals surface area contributed by atoms with Gasteiger partial charge in [-0.3, -0.25) is 0 Å². The molecule has 0 unspecified atom stereocenters. The van der Waals surface area contributed by atoms with Crippen molar-refractivity contribution >= 4 is 11.8 Å². The van der Waals surface area contributed by atoms with Crippen molar-refractivity contribution < 1.29 is 5.11 Å². The summed E-state index contributed by atoms with van der Waals surface area (Å²) in [4.78, 5) is 0. The Morgan fingerprint density at radius 2 is 2.21 bits per heavy atom. The molecule has 1 aliphatic rings. The van der Waals surface area contributed by atoms with Crippen LogP contribution in [0.5, 0.6) is 5.75 Å². The predicted octanol–water partition coefficient (Wildman–Crippen LogP) is 3.18. The third kappa shape index (κ3) is 1.63. The van der Waals surface area contributed by atoms with E-state index < -0.39 is 0 Å². The van der Waals surface area contributed by atoms with Crippen LogP contribution in [0.15, 0.2) is 24.3 Å². The lowest BCUT2D eigenvalue weighted by Crippen LogP contribution is -2.36. The van der Waals surface area contributed by atoms with Gasteiger partial charge in [0.05, 0.1) is 0 Å². The first-order chi connectivity index (χ1) is 6.77. The van der Waals surface area contributed by atoms with Gasteiger partial charge in [-0.2, -0.15) is 11.8 Å². The summed E-state index contributed by atoms with van der Waals surface area (Å²) in [5, 5.41) is 9.46. The lowest BCUT2D eigenvalue weighted by atomic mass is 9.66. The van der Waals surface area contributed by atoms with Gasteiger partial charge in [-0.25, -0.2) is 0 Å². The maximum absolute atomic E-state index is 9.46. The molecule has 0 bridgehead atoms. The second kappa shape index (κ2) is 3.85. The lowest BCUT2D eigenvalue weighted by molar-refractivity contribution is 0.278. The van der Waals surface area contributed by atoms with Crippen molar-refractivity contribution in [3.8, 4) is 5.75 Å². The molecule has 1 nitrogen and oxygen atoms in total. The van der Waals surface area contributed by atoms with Crippen molar-refractivity contribution in [2.75, 3.05) is 12.0 Å². The molecule has 1 aromatic rings. The van der Waals surface area contributed by atoms with E-state index in [-0.39, 0.29) is 0 Å². The third-order valence-corrected chi connectivity index (χ3v) is 4.03. The van der Waals surface area contributed by atoms with Crippen molar-refractivity contribution in [2.45, 2.75) is 24.7 Å². The van der Waals surface area contributed by atoms with E-state index in [2.05, 4.69) is 12.3 Å². The van der Waals surface area contributed by atoms with Crippen LogP contribution in [0.4, 0.5) is 0 Å². The smallest absolute Gasteiger partial charge is 0.115 e. The van der Waals surface area contributed by atoms with Gasteiger partial charge in [0.25, 0.3) is 0 Å². The van der Waals surface area contributed by atoms with Gasteiger partial charge in [-0.15, -0.1) is 0 Å². The molecule has 0 aliphatic heterocycles. The molecular formula is C12H16OS. The molecule has 0 aromatic heterocycles. The minimum absolute atomic E-state index is 0.359. The van der Waals surface area contributed by atoms with Crippen LogP contribution in [0.2, 0.25) is 0 Å². The average Bonchev–Trinajstić information content (AvgIpc) is 2.11. The Kier molecular flexibility index (Phi) is 2.73. The maximum Gasteiger partial charge on any atom is 0.115 e. The quantitative estimate of drug-likeness (QED) is 0.823. The van der Waals surface area contributed by atoms with Crippen molar-refractivity contribution in [1.29, 1.82) is 0 Å². The Balaban J connectivity index is 2.27. The number of hydrogen-bond acceptors (Lipinski definition) is 2. The van der Waals surface area contributed by atoms with Crippen LogP contribution in [0, 0.1) is 0 Å². The van der Waals surface area contributed by atoms with Gasteiger partial charge in [0.2, 0.25) is 0 Å². The van der Waals surface area contributed by atoms with Crippen molar-refractivity contribution in [1.82, 2.24) is 0 Å². The number of hydrogen-bond donors (Lipinski definition) is 1. The zero-order valence-corrected chi connectivity index (χ0v) is 9.31. The van der Waals surface area contributed by atoms with E-state index >= 15 is 0 Å². The second-order valence-corrected chi connectivity index (χ2v) is 4.98. The highest BCUT2D eigenvalue weighted by molar-refractivity contribution is 7.98. The number of benzene rings is 1. The maximum atomic E-state index is 9.46. The molecule has 76 valence electrons. The number of rotatable bonds is 3. The van der Waals surface area contributed by atoms with Crippen LogP contribution in [0.3, 0.4) is 0 Å². The Hall–Kier alpha value is -0.630. The van der Waals surface area contributed by atoms with Gasteiger partial charge in [-0.05, 0) is 36.8 Å². The summed E-state index contributed by atoms with van der Waals surface area (Å²) in [6.07, 6.45) is 6.04. The van der Waals surface area contributed by atoms with Gasteiger partial charge in [0, 0.05) is 11.2 Å². The standard InChI is InChI=1S/C12H16OS/c1-14-9-12(6-3-7-12)10-4-2-5-11(13)8-10/h2,4-5,8,13H,3,6-7,9H2,1H3. The zero-order chi connectivity index (χ0) is 10.0. The first-order valence-corrected chi connectivity index (χ1v) is 6.45. The molecule has 0 atom stereocenters. The highest BCUT2D eigenvalue weighted by Crippen LogP contribution is 2.46. The van der Waals surface area contributed by atoms with Crippen molar-refractivity contribution in [2.24, 2.45) is 0 Å². The molecule has 1 fully saturated rings. The van der Waals surface area contributed by atoms with Crippen molar-refractivity contribution in [3.05, 3.63) is 29.8 Å². The summed E-state index contributed by atoms with van der Waals surface area (Å²) >= 11 is 1.90. The van der Waals surface area contributed by atoms with Gasteiger partial charge >= 0.3 is 0 Å². The molecule has 0 heterocycles. The van der Waals surface area contributed by atoms with E-state index in [0.29, 0.717) is 11.2 Å². The van der Waals surface area contributed by atoms with Crippen LogP contribution in [0.25, 0.3) is 0 Å². The summed E-state index contributed by atoms with van der Waals surface area (Å²) in [5.41, 5.74) is 1.68. The normalized spacial score (nSPS) is 18.9. The SMILES string of the molecule is CSCC1(c2cccc(O)c2)CCC1. The van der Waals surface area contributed by atoms with E-state index in [9.17, 15) is 5.11 Å². The fourth-order valence-electron chi connectivity index (χ4n) is 2.23. The van der Waals surface area contributed by atoms with Crippen LogP contribution in [0.1, 0.15) is 24.8 Å². The first kappa shape index (κ1) is 9.91. The monoisotopic (exact) mass is 208 g/mol. The largest absolute Gasteiger partial charge is 0.508 e. The van der Waals surface area contributed by atoms with Crippen LogP contribution < -0.4 is 0 Å². The summed E-state index contributed by atoms with van der Waals surface area (Å²) in [7, 11) is 0. The van der Waals surface area contributed by atoms with Crippen LogP contribution >= 0.6 is 11.8 Å². The summed E-state index contributed by atoms with van der Waals surface area (Å²) in [5.74, 6) is 1.58.